The van der Waals surface area contributed by atoms with Crippen LogP contribution < -0.4 is 4.74 Å². The van der Waals surface area contributed by atoms with Gasteiger partial charge in [-0.1, -0.05) is 25.1 Å². The van der Waals surface area contributed by atoms with E-state index in [1.807, 2.05) is 30.3 Å². The third-order valence-corrected chi connectivity index (χ3v) is 5.01. The van der Waals surface area contributed by atoms with Crippen LogP contribution in [0.1, 0.15) is 25.3 Å². The first-order valence-electron chi connectivity index (χ1n) is 7.58. The highest BCUT2D eigenvalue weighted by molar-refractivity contribution is 8.18. The molecule has 0 spiro atoms. The standard InChI is InChI=1S/C17H20N2O2S/c1-12-6-5-9-19(11-12)17-18-16(20)15(22-17)10-13-7-3-4-8-14(13)21-2/h3-4,7-8,10,12H,5-6,9,11H2,1-2H3/b15-10-/t12-/m0/s1. The lowest BCUT2D eigenvalue weighted by atomic mass is 10.0. The number of carbonyl (C=O) groups excluding carboxylic acids is 1. The minimum Gasteiger partial charge on any atom is -0.496 e. The van der Waals surface area contributed by atoms with E-state index in [0.29, 0.717) is 10.8 Å². The summed E-state index contributed by atoms with van der Waals surface area (Å²) in [5.41, 5.74) is 0.907. The fourth-order valence-corrected chi connectivity index (χ4v) is 3.76. The summed E-state index contributed by atoms with van der Waals surface area (Å²) in [6.45, 7) is 4.23. The van der Waals surface area contributed by atoms with Gasteiger partial charge in [0.25, 0.3) is 5.91 Å². The van der Waals surface area contributed by atoms with E-state index in [4.69, 9.17) is 4.74 Å². The van der Waals surface area contributed by atoms with Crippen molar-refractivity contribution in [2.45, 2.75) is 19.8 Å². The molecular formula is C17H20N2O2S. The largest absolute Gasteiger partial charge is 0.496 e. The number of likely N-dealkylation sites (tertiary alicyclic amines) is 1. The normalized spacial score (nSPS) is 23.8. The van der Waals surface area contributed by atoms with Gasteiger partial charge >= 0.3 is 0 Å². The summed E-state index contributed by atoms with van der Waals surface area (Å²) in [4.78, 5) is 19.3. The number of methoxy groups -OCH3 is 1. The van der Waals surface area contributed by atoms with E-state index < -0.39 is 0 Å². The number of rotatable bonds is 2. The molecule has 4 nitrogen and oxygen atoms in total. The predicted octanol–water partition coefficient (Wildman–Crippen LogP) is 3.40. The predicted molar refractivity (Wildman–Crippen MR) is 91.0 cm³/mol. The highest BCUT2D eigenvalue weighted by Crippen LogP contribution is 2.33. The van der Waals surface area contributed by atoms with Crippen molar-refractivity contribution in [1.82, 2.24) is 4.90 Å². The van der Waals surface area contributed by atoms with E-state index in [2.05, 4.69) is 16.8 Å². The van der Waals surface area contributed by atoms with Gasteiger partial charge in [-0.3, -0.25) is 4.79 Å². The molecule has 1 aromatic rings. The Bertz CT molecular complexity index is 639. The number of benzene rings is 1. The van der Waals surface area contributed by atoms with Crippen LogP contribution in [0.5, 0.6) is 5.75 Å². The van der Waals surface area contributed by atoms with Gasteiger partial charge in [-0.15, -0.1) is 0 Å². The zero-order valence-electron chi connectivity index (χ0n) is 12.9. The van der Waals surface area contributed by atoms with Gasteiger partial charge in [0.2, 0.25) is 0 Å². The number of para-hydroxylation sites is 1. The number of nitrogens with zero attached hydrogens (tertiary/aromatic N) is 2. The van der Waals surface area contributed by atoms with Crippen LogP contribution in [0.2, 0.25) is 0 Å². The van der Waals surface area contributed by atoms with Crippen LogP contribution in [0.25, 0.3) is 6.08 Å². The Morgan fingerprint density at radius 3 is 3.00 bits per heavy atom. The first-order valence-corrected chi connectivity index (χ1v) is 8.39. The molecule has 0 aromatic heterocycles. The van der Waals surface area contributed by atoms with Crippen molar-refractivity contribution in [3.8, 4) is 5.75 Å². The van der Waals surface area contributed by atoms with Crippen molar-refractivity contribution >= 4 is 28.9 Å². The third-order valence-electron chi connectivity index (χ3n) is 3.96. The summed E-state index contributed by atoms with van der Waals surface area (Å²) >= 11 is 1.47. The molecule has 3 rings (SSSR count). The lowest BCUT2D eigenvalue weighted by Crippen LogP contribution is -2.37. The molecule has 2 aliphatic heterocycles. The Balaban J connectivity index is 1.78. The highest BCUT2D eigenvalue weighted by Gasteiger charge is 2.28. The average Bonchev–Trinajstić information content (AvgIpc) is 2.89. The number of ether oxygens (including phenoxy) is 1. The maximum absolute atomic E-state index is 12.2. The lowest BCUT2D eigenvalue weighted by molar-refractivity contribution is -0.113. The molecule has 1 saturated heterocycles. The van der Waals surface area contributed by atoms with Crippen molar-refractivity contribution in [2.75, 3.05) is 20.2 Å². The fourth-order valence-electron chi connectivity index (χ4n) is 2.82. The van der Waals surface area contributed by atoms with E-state index in [0.717, 1.165) is 29.6 Å². The van der Waals surface area contributed by atoms with Gasteiger partial charge in [0.15, 0.2) is 5.17 Å². The van der Waals surface area contributed by atoms with Crippen molar-refractivity contribution < 1.29 is 9.53 Å². The third kappa shape index (κ3) is 3.19. The first-order chi connectivity index (χ1) is 10.7. The summed E-state index contributed by atoms with van der Waals surface area (Å²) in [5, 5.41) is 0.845. The zero-order chi connectivity index (χ0) is 15.5. The van der Waals surface area contributed by atoms with E-state index in [9.17, 15) is 4.79 Å². The van der Waals surface area contributed by atoms with Gasteiger partial charge in [0.1, 0.15) is 5.75 Å². The van der Waals surface area contributed by atoms with Gasteiger partial charge in [-0.25, -0.2) is 0 Å². The van der Waals surface area contributed by atoms with Gasteiger partial charge in [0, 0.05) is 18.7 Å². The number of amides is 1. The molecule has 1 aromatic carbocycles. The van der Waals surface area contributed by atoms with Crippen molar-refractivity contribution in [3.63, 3.8) is 0 Å². The van der Waals surface area contributed by atoms with Crippen LogP contribution in [0.3, 0.4) is 0 Å². The summed E-state index contributed by atoms with van der Waals surface area (Å²) in [6, 6.07) is 7.69. The molecule has 1 atom stereocenters. The van der Waals surface area contributed by atoms with Crippen LogP contribution >= 0.6 is 11.8 Å². The van der Waals surface area contributed by atoms with E-state index in [1.165, 1.54) is 24.6 Å². The molecule has 0 saturated carbocycles. The van der Waals surface area contributed by atoms with Crippen LogP contribution in [0.15, 0.2) is 34.2 Å². The minimum atomic E-state index is -0.149. The van der Waals surface area contributed by atoms with Crippen LogP contribution in [0.4, 0.5) is 0 Å². The Morgan fingerprint density at radius 1 is 1.41 bits per heavy atom. The maximum atomic E-state index is 12.2. The van der Waals surface area contributed by atoms with Gasteiger partial charge in [-0.2, -0.15) is 4.99 Å². The van der Waals surface area contributed by atoms with E-state index in [1.54, 1.807) is 7.11 Å². The second-order valence-electron chi connectivity index (χ2n) is 5.75. The molecule has 5 heteroatoms. The molecule has 0 radical (unpaired) electrons. The average molecular weight is 316 g/mol. The molecular weight excluding hydrogens is 296 g/mol. The van der Waals surface area contributed by atoms with Crippen LogP contribution in [0, 0.1) is 5.92 Å². The Labute approximate surface area is 135 Å². The highest BCUT2D eigenvalue weighted by atomic mass is 32.2. The van der Waals surface area contributed by atoms with Gasteiger partial charge in [-0.05, 0) is 42.7 Å². The number of hydrogen-bond acceptors (Lipinski definition) is 4. The van der Waals surface area contributed by atoms with E-state index in [-0.39, 0.29) is 5.91 Å². The molecule has 2 heterocycles. The molecule has 0 bridgehead atoms. The quantitative estimate of drug-likeness (QED) is 0.784. The maximum Gasteiger partial charge on any atom is 0.286 e. The van der Waals surface area contributed by atoms with Gasteiger partial charge < -0.3 is 9.64 Å². The first kappa shape index (κ1) is 15.2. The van der Waals surface area contributed by atoms with E-state index >= 15 is 0 Å². The number of amidine groups is 1. The monoisotopic (exact) mass is 316 g/mol. The molecule has 1 amide bonds. The Kier molecular flexibility index (Phi) is 4.52. The second kappa shape index (κ2) is 6.57. The summed E-state index contributed by atoms with van der Waals surface area (Å²) in [6.07, 6.45) is 4.29. The van der Waals surface area contributed by atoms with Crippen LogP contribution in [-0.4, -0.2) is 36.2 Å². The number of piperidine rings is 1. The molecule has 22 heavy (non-hydrogen) atoms. The molecule has 0 unspecified atom stereocenters. The van der Waals surface area contributed by atoms with Crippen LogP contribution in [-0.2, 0) is 4.79 Å². The van der Waals surface area contributed by atoms with Crippen molar-refractivity contribution in [3.05, 3.63) is 34.7 Å². The summed E-state index contributed by atoms with van der Waals surface area (Å²) in [5.74, 6) is 1.28. The lowest BCUT2D eigenvalue weighted by Gasteiger charge is -2.31. The molecule has 1 fully saturated rings. The van der Waals surface area contributed by atoms with Crippen molar-refractivity contribution in [2.24, 2.45) is 10.9 Å². The minimum absolute atomic E-state index is 0.149. The fraction of sp³-hybridized carbons (Fsp3) is 0.412. The number of thioether (sulfide) groups is 1. The molecule has 116 valence electrons. The number of carbonyl (C=O) groups is 1. The van der Waals surface area contributed by atoms with Crippen molar-refractivity contribution in [1.29, 1.82) is 0 Å². The molecule has 0 aliphatic carbocycles. The zero-order valence-corrected chi connectivity index (χ0v) is 13.7. The Hall–Kier alpha value is -1.75. The summed E-state index contributed by atoms with van der Waals surface area (Å²) < 4.78 is 5.34. The SMILES string of the molecule is COc1ccccc1/C=C1\SC(N2CCC[C@H](C)C2)=NC1=O. The number of aliphatic imine (C=N–C) groups is 1. The smallest absolute Gasteiger partial charge is 0.286 e. The number of hydrogen-bond donors (Lipinski definition) is 0. The summed E-state index contributed by atoms with van der Waals surface area (Å²) in [7, 11) is 1.64. The van der Waals surface area contributed by atoms with Gasteiger partial charge in [0.05, 0.1) is 12.0 Å². The topological polar surface area (TPSA) is 41.9 Å². The second-order valence-corrected chi connectivity index (χ2v) is 6.75. The molecule has 2 aliphatic rings. The Morgan fingerprint density at radius 2 is 2.23 bits per heavy atom. The molecule has 0 N–H and O–H groups in total.